The van der Waals surface area contributed by atoms with E-state index in [0.717, 1.165) is 38.6 Å². The van der Waals surface area contributed by atoms with E-state index in [-0.39, 0.29) is 0 Å². The molecule has 84 valence electrons. The van der Waals surface area contributed by atoms with Crippen molar-refractivity contribution in [2.24, 2.45) is 11.7 Å². The molecule has 0 aliphatic carbocycles. The van der Waals surface area contributed by atoms with Crippen LogP contribution >= 0.6 is 0 Å². The maximum Gasteiger partial charge on any atom is 0.0714 e. The van der Waals surface area contributed by atoms with E-state index in [1.165, 1.54) is 13.0 Å². The molecule has 1 fully saturated rings. The highest BCUT2D eigenvalue weighted by molar-refractivity contribution is 4.71. The summed E-state index contributed by atoms with van der Waals surface area (Å²) in [5.41, 5.74) is 5.53. The van der Waals surface area contributed by atoms with E-state index in [1.807, 2.05) is 0 Å². The number of hydrogen-bond donors (Lipinski definition) is 1. The maximum atomic E-state index is 5.63. The van der Waals surface area contributed by atoms with Gasteiger partial charge >= 0.3 is 0 Å². The van der Waals surface area contributed by atoms with Gasteiger partial charge in [-0.2, -0.15) is 0 Å². The van der Waals surface area contributed by atoms with Crippen LogP contribution in [0, 0.1) is 5.92 Å². The van der Waals surface area contributed by atoms with Gasteiger partial charge in [-0.1, -0.05) is 13.8 Å². The summed E-state index contributed by atoms with van der Waals surface area (Å²) < 4.78 is 5.63. The summed E-state index contributed by atoms with van der Waals surface area (Å²) in [7, 11) is 0. The fraction of sp³-hybridized carbons (Fsp3) is 1.00. The molecule has 0 aromatic rings. The fourth-order valence-corrected chi connectivity index (χ4v) is 1.78. The van der Waals surface area contributed by atoms with Gasteiger partial charge in [0.1, 0.15) is 0 Å². The lowest BCUT2D eigenvalue weighted by Crippen LogP contribution is -2.43. The molecular weight excluding hydrogens is 176 g/mol. The number of morpholine rings is 1. The zero-order chi connectivity index (χ0) is 10.4. The average molecular weight is 200 g/mol. The topological polar surface area (TPSA) is 38.5 Å². The molecule has 0 saturated carbocycles. The van der Waals surface area contributed by atoms with E-state index < -0.39 is 0 Å². The third-order valence-corrected chi connectivity index (χ3v) is 2.73. The van der Waals surface area contributed by atoms with Crippen molar-refractivity contribution in [2.45, 2.75) is 32.8 Å². The second-order valence-electron chi connectivity index (χ2n) is 4.55. The van der Waals surface area contributed by atoms with Gasteiger partial charge in [0.05, 0.1) is 12.7 Å². The van der Waals surface area contributed by atoms with Crippen LogP contribution in [0.4, 0.5) is 0 Å². The van der Waals surface area contributed by atoms with Crippen LogP contribution in [-0.4, -0.2) is 43.8 Å². The molecule has 1 aliphatic heterocycles. The monoisotopic (exact) mass is 200 g/mol. The van der Waals surface area contributed by atoms with Crippen molar-refractivity contribution in [2.75, 3.05) is 32.8 Å². The van der Waals surface area contributed by atoms with Gasteiger partial charge in [0, 0.05) is 13.1 Å². The van der Waals surface area contributed by atoms with Gasteiger partial charge in [-0.25, -0.2) is 0 Å². The predicted octanol–water partition coefficient (Wildman–Crippen LogP) is 1.08. The van der Waals surface area contributed by atoms with Gasteiger partial charge < -0.3 is 10.5 Å². The Morgan fingerprint density at radius 1 is 1.50 bits per heavy atom. The van der Waals surface area contributed by atoms with Crippen molar-refractivity contribution in [3.63, 3.8) is 0 Å². The Morgan fingerprint density at radius 3 is 2.93 bits per heavy atom. The molecule has 14 heavy (non-hydrogen) atoms. The van der Waals surface area contributed by atoms with E-state index in [1.54, 1.807) is 0 Å². The minimum absolute atomic E-state index is 0.376. The first-order valence-corrected chi connectivity index (χ1v) is 5.76. The SMILES string of the molecule is CC(C)CCN1CCOC(CCN)C1. The largest absolute Gasteiger partial charge is 0.376 e. The number of ether oxygens (including phenoxy) is 1. The molecule has 0 amide bonds. The lowest BCUT2D eigenvalue weighted by Gasteiger charge is -2.33. The second-order valence-corrected chi connectivity index (χ2v) is 4.55. The first-order valence-electron chi connectivity index (χ1n) is 5.76. The second kappa shape index (κ2) is 6.38. The molecule has 0 spiro atoms. The molecule has 1 unspecified atom stereocenters. The van der Waals surface area contributed by atoms with Gasteiger partial charge in [0.2, 0.25) is 0 Å². The van der Waals surface area contributed by atoms with E-state index >= 15 is 0 Å². The minimum atomic E-state index is 0.376. The summed E-state index contributed by atoms with van der Waals surface area (Å²) in [5, 5.41) is 0. The Kier molecular flexibility index (Phi) is 5.45. The van der Waals surface area contributed by atoms with E-state index in [0.29, 0.717) is 6.10 Å². The molecule has 1 saturated heterocycles. The highest BCUT2D eigenvalue weighted by Gasteiger charge is 2.19. The van der Waals surface area contributed by atoms with Crippen LogP contribution in [0.3, 0.4) is 0 Å². The van der Waals surface area contributed by atoms with E-state index in [2.05, 4.69) is 18.7 Å². The highest BCUT2D eigenvalue weighted by Crippen LogP contribution is 2.10. The summed E-state index contributed by atoms with van der Waals surface area (Å²) in [6, 6.07) is 0. The quantitative estimate of drug-likeness (QED) is 0.722. The molecule has 1 aliphatic rings. The molecule has 0 bridgehead atoms. The highest BCUT2D eigenvalue weighted by atomic mass is 16.5. The van der Waals surface area contributed by atoms with Gasteiger partial charge in [0.25, 0.3) is 0 Å². The molecule has 3 nitrogen and oxygen atoms in total. The summed E-state index contributed by atoms with van der Waals surface area (Å²) in [6.07, 6.45) is 2.66. The molecule has 0 aromatic carbocycles. The summed E-state index contributed by atoms with van der Waals surface area (Å²) >= 11 is 0. The Morgan fingerprint density at radius 2 is 2.29 bits per heavy atom. The zero-order valence-electron chi connectivity index (χ0n) is 9.54. The molecular formula is C11H24N2O. The van der Waals surface area contributed by atoms with E-state index in [9.17, 15) is 0 Å². The van der Waals surface area contributed by atoms with Gasteiger partial charge in [-0.05, 0) is 31.8 Å². The van der Waals surface area contributed by atoms with Gasteiger partial charge in [-0.15, -0.1) is 0 Å². The Bertz CT molecular complexity index is 148. The molecule has 1 heterocycles. The number of nitrogens with zero attached hydrogens (tertiary/aromatic N) is 1. The predicted molar refractivity (Wildman–Crippen MR) is 59.3 cm³/mol. The number of rotatable bonds is 5. The molecule has 3 heteroatoms. The molecule has 0 radical (unpaired) electrons. The normalized spacial score (nSPS) is 24.4. The fourth-order valence-electron chi connectivity index (χ4n) is 1.78. The van der Waals surface area contributed by atoms with Crippen LogP contribution < -0.4 is 5.73 Å². The van der Waals surface area contributed by atoms with Crippen molar-refractivity contribution in [1.82, 2.24) is 4.90 Å². The Hall–Kier alpha value is -0.120. The average Bonchev–Trinajstić information content (AvgIpc) is 2.16. The zero-order valence-corrected chi connectivity index (χ0v) is 9.54. The third kappa shape index (κ3) is 4.40. The smallest absolute Gasteiger partial charge is 0.0714 e. The van der Waals surface area contributed by atoms with Crippen LogP contribution in [0.1, 0.15) is 26.7 Å². The van der Waals surface area contributed by atoms with Crippen molar-refractivity contribution >= 4 is 0 Å². The van der Waals surface area contributed by atoms with Crippen LogP contribution in [0.15, 0.2) is 0 Å². The van der Waals surface area contributed by atoms with Gasteiger partial charge in [-0.3, -0.25) is 4.90 Å². The lowest BCUT2D eigenvalue weighted by molar-refractivity contribution is -0.0317. The third-order valence-electron chi connectivity index (χ3n) is 2.73. The Labute approximate surface area is 87.6 Å². The molecule has 0 aromatic heterocycles. The van der Waals surface area contributed by atoms with Crippen molar-refractivity contribution < 1.29 is 4.74 Å². The Balaban J connectivity index is 2.18. The van der Waals surface area contributed by atoms with Crippen LogP contribution in [0.2, 0.25) is 0 Å². The minimum Gasteiger partial charge on any atom is -0.376 e. The maximum absolute atomic E-state index is 5.63. The van der Waals surface area contributed by atoms with Crippen molar-refractivity contribution in [3.8, 4) is 0 Å². The number of nitrogens with two attached hydrogens (primary N) is 1. The molecule has 1 atom stereocenters. The van der Waals surface area contributed by atoms with E-state index in [4.69, 9.17) is 10.5 Å². The van der Waals surface area contributed by atoms with Crippen LogP contribution in [0.5, 0.6) is 0 Å². The van der Waals surface area contributed by atoms with Crippen molar-refractivity contribution in [3.05, 3.63) is 0 Å². The standard InChI is InChI=1S/C11H24N2O/c1-10(2)4-6-13-7-8-14-11(9-13)3-5-12/h10-11H,3-9,12H2,1-2H3. The van der Waals surface area contributed by atoms with Crippen LogP contribution in [0.25, 0.3) is 0 Å². The first kappa shape index (κ1) is 12.0. The first-order chi connectivity index (χ1) is 6.72. The van der Waals surface area contributed by atoms with Crippen LogP contribution in [-0.2, 0) is 4.74 Å². The molecule has 1 rings (SSSR count). The summed E-state index contributed by atoms with van der Waals surface area (Å²) in [4.78, 5) is 2.50. The number of hydrogen-bond acceptors (Lipinski definition) is 3. The summed E-state index contributed by atoms with van der Waals surface area (Å²) in [6.45, 7) is 9.54. The lowest BCUT2D eigenvalue weighted by atomic mass is 10.1. The van der Waals surface area contributed by atoms with Crippen molar-refractivity contribution in [1.29, 1.82) is 0 Å². The summed E-state index contributed by atoms with van der Waals surface area (Å²) in [5.74, 6) is 0.797. The van der Waals surface area contributed by atoms with Gasteiger partial charge in [0.15, 0.2) is 0 Å². The molecule has 2 N–H and O–H groups in total.